The summed E-state index contributed by atoms with van der Waals surface area (Å²) in [7, 11) is 0. The third kappa shape index (κ3) is 4.81. The fraction of sp³-hybridized carbons (Fsp3) is 0.240. The molecule has 4 rings (SSSR count). The van der Waals surface area contributed by atoms with Crippen molar-refractivity contribution in [3.8, 4) is 5.75 Å². The number of ketones is 1. The van der Waals surface area contributed by atoms with Gasteiger partial charge in [0.05, 0.1) is 29.6 Å². The van der Waals surface area contributed by atoms with Crippen LogP contribution in [0.1, 0.15) is 30.5 Å². The number of aliphatic hydroxyl groups is 1. The molecule has 1 aliphatic rings. The van der Waals surface area contributed by atoms with Gasteiger partial charge < -0.3 is 19.3 Å². The summed E-state index contributed by atoms with van der Waals surface area (Å²) in [5.41, 5.74) is 0.944. The van der Waals surface area contributed by atoms with Crippen LogP contribution < -0.4 is 4.74 Å². The molecular weight excluding hydrogens is 477 g/mol. The number of carbonyl (C=O) groups excluding carboxylic acids is 2. The molecule has 7 nitrogen and oxygen atoms in total. The first-order valence-electron chi connectivity index (χ1n) is 10.8. The summed E-state index contributed by atoms with van der Waals surface area (Å²) in [6.07, 6.45) is 5.80. The van der Waals surface area contributed by atoms with E-state index in [2.05, 4.69) is 4.98 Å². The molecule has 2 heterocycles. The lowest BCUT2D eigenvalue weighted by Gasteiger charge is -2.25. The first-order valence-corrected chi connectivity index (χ1v) is 11.6. The van der Waals surface area contributed by atoms with Gasteiger partial charge in [-0.15, -0.1) is 0 Å². The molecule has 1 fully saturated rings. The largest absolute Gasteiger partial charge is 0.507 e. The molecule has 1 amide bonds. The minimum absolute atomic E-state index is 0.00451. The number of halogens is 2. The minimum Gasteiger partial charge on any atom is -0.507 e. The monoisotopic (exact) mass is 499 g/mol. The van der Waals surface area contributed by atoms with Crippen molar-refractivity contribution in [2.45, 2.75) is 25.9 Å². The Morgan fingerprint density at radius 2 is 1.97 bits per heavy atom. The van der Waals surface area contributed by atoms with E-state index in [1.807, 2.05) is 17.7 Å². The summed E-state index contributed by atoms with van der Waals surface area (Å²) in [6, 6.07) is 10.9. The Labute approximate surface area is 207 Å². The fourth-order valence-electron chi connectivity index (χ4n) is 4.05. The van der Waals surface area contributed by atoms with Crippen LogP contribution in [0.2, 0.25) is 10.0 Å². The van der Waals surface area contributed by atoms with Crippen molar-refractivity contribution in [3.05, 3.63) is 87.9 Å². The van der Waals surface area contributed by atoms with Gasteiger partial charge in [0.15, 0.2) is 0 Å². The maximum absolute atomic E-state index is 13.1. The van der Waals surface area contributed by atoms with E-state index in [9.17, 15) is 14.7 Å². The normalized spacial score (nSPS) is 17.4. The van der Waals surface area contributed by atoms with Crippen LogP contribution in [-0.2, 0) is 16.1 Å². The van der Waals surface area contributed by atoms with Crippen LogP contribution in [0.4, 0.5) is 0 Å². The number of rotatable bonds is 8. The quantitative estimate of drug-likeness (QED) is 0.264. The molecule has 1 saturated heterocycles. The van der Waals surface area contributed by atoms with E-state index in [4.69, 9.17) is 27.9 Å². The number of amides is 1. The summed E-state index contributed by atoms with van der Waals surface area (Å²) in [5.74, 6) is -1.26. The van der Waals surface area contributed by atoms with Crippen LogP contribution in [0.15, 0.2) is 66.8 Å². The second-order valence-corrected chi connectivity index (χ2v) is 8.62. The van der Waals surface area contributed by atoms with E-state index < -0.39 is 17.7 Å². The number of ether oxygens (including phenoxy) is 1. The number of aryl methyl sites for hydroxylation is 1. The predicted molar refractivity (Wildman–Crippen MR) is 130 cm³/mol. The first kappa shape index (κ1) is 23.9. The number of likely N-dealkylation sites (tertiary alicyclic amines) is 1. The molecule has 0 spiro atoms. The molecule has 176 valence electrons. The van der Waals surface area contributed by atoms with E-state index in [1.165, 1.54) is 11.0 Å². The molecule has 0 aliphatic carbocycles. The Morgan fingerprint density at radius 1 is 1.15 bits per heavy atom. The number of benzene rings is 2. The van der Waals surface area contributed by atoms with Gasteiger partial charge in [0.2, 0.25) is 0 Å². The Kier molecular flexibility index (Phi) is 7.24. The second-order valence-electron chi connectivity index (χ2n) is 7.78. The van der Waals surface area contributed by atoms with Gasteiger partial charge >= 0.3 is 0 Å². The Morgan fingerprint density at radius 3 is 2.65 bits per heavy atom. The summed E-state index contributed by atoms with van der Waals surface area (Å²) in [6.45, 7) is 3.20. The van der Waals surface area contributed by atoms with E-state index in [0.717, 1.165) is 0 Å². The molecule has 0 radical (unpaired) electrons. The van der Waals surface area contributed by atoms with Crippen molar-refractivity contribution in [2.24, 2.45) is 0 Å². The molecule has 9 heteroatoms. The number of hydrogen-bond acceptors (Lipinski definition) is 5. The van der Waals surface area contributed by atoms with Gasteiger partial charge in [-0.1, -0.05) is 35.3 Å². The number of carbonyl (C=O) groups is 2. The minimum atomic E-state index is -0.785. The number of aromatic nitrogens is 2. The predicted octanol–water partition coefficient (Wildman–Crippen LogP) is 5.10. The van der Waals surface area contributed by atoms with Gasteiger partial charge in [0.1, 0.15) is 11.5 Å². The Bertz CT molecular complexity index is 1240. The van der Waals surface area contributed by atoms with Gasteiger partial charge in [0.25, 0.3) is 11.7 Å². The maximum Gasteiger partial charge on any atom is 0.295 e. The van der Waals surface area contributed by atoms with Crippen molar-refractivity contribution < 1.29 is 19.4 Å². The van der Waals surface area contributed by atoms with Crippen molar-refractivity contribution in [1.29, 1.82) is 0 Å². The van der Waals surface area contributed by atoms with Gasteiger partial charge in [-0.05, 0) is 49.2 Å². The SMILES string of the molecule is CCOc1ccc(C(O)=C2C(=O)C(=O)N(CCCn3ccnc3)C2c2cccc(Cl)c2)cc1Cl. The van der Waals surface area contributed by atoms with E-state index in [-0.39, 0.29) is 11.3 Å². The number of nitrogens with zero attached hydrogens (tertiary/aromatic N) is 3. The third-order valence-corrected chi connectivity index (χ3v) is 6.11. The Balaban J connectivity index is 1.74. The summed E-state index contributed by atoms with van der Waals surface area (Å²) in [5, 5.41) is 11.9. The van der Waals surface area contributed by atoms with Crippen molar-refractivity contribution in [3.63, 3.8) is 0 Å². The van der Waals surface area contributed by atoms with Crippen LogP contribution in [0, 0.1) is 0 Å². The highest BCUT2D eigenvalue weighted by Gasteiger charge is 2.45. The molecule has 34 heavy (non-hydrogen) atoms. The smallest absolute Gasteiger partial charge is 0.295 e. The summed E-state index contributed by atoms with van der Waals surface area (Å²) >= 11 is 12.5. The highest BCUT2D eigenvalue weighted by Crippen LogP contribution is 2.41. The molecule has 1 N–H and O–H groups in total. The molecule has 0 saturated carbocycles. The zero-order chi connectivity index (χ0) is 24.2. The van der Waals surface area contributed by atoms with Gasteiger partial charge in [-0.25, -0.2) is 4.98 Å². The lowest BCUT2D eigenvalue weighted by molar-refractivity contribution is -0.139. The average molecular weight is 500 g/mol. The third-order valence-electron chi connectivity index (χ3n) is 5.58. The maximum atomic E-state index is 13.1. The number of hydrogen-bond donors (Lipinski definition) is 1. The molecule has 3 aromatic rings. The highest BCUT2D eigenvalue weighted by molar-refractivity contribution is 6.46. The molecule has 1 unspecified atom stereocenters. The zero-order valence-electron chi connectivity index (χ0n) is 18.4. The molecule has 2 aromatic carbocycles. The standard InChI is InChI=1S/C25H23Cl2N3O4/c1-2-34-20-8-7-17(14-19(20)27)23(31)21-22(16-5-3-6-18(26)13-16)30(25(33)24(21)32)11-4-10-29-12-9-28-15-29/h3,5-9,12-15,22,31H,2,4,10-11H2,1H3. The molecule has 1 aliphatic heterocycles. The van der Waals surface area contributed by atoms with Crippen LogP contribution in [0.5, 0.6) is 5.75 Å². The van der Waals surface area contributed by atoms with Crippen LogP contribution >= 0.6 is 23.2 Å². The van der Waals surface area contributed by atoms with Crippen LogP contribution in [-0.4, -0.2) is 44.4 Å². The lowest BCUT2D eigenvalue weighted by atomic mass is 9.95. The Hall–Kier alpha value is -3.29. The lowest BCUT2D eigenvalue weighted by Crippen LogP contribution is -2.31. The topological polar surface area (TPSA) is 84.7 Å². The van der Waals surface area contributed by atoms with E-state index in [0.29, 0.717) is 53.0 Å². The number of imidazole rings is 1. The zero-order valence-corrected chi connectivity index (χ0v) is 20.0. The van der Waals surface area contributed by atoms with E-state index >= 15 is 0 Å². The summed E-state index contributed by atoms with van der Waals surface area (Å²) < 4.78 is 7.35. The molecule has 1 aromatic heterocycles. The molecule has 1 atom stereocenters. The van der Waals surface area contributed by atoms with Crippen molar-refractivity contribution in [2.75, 3.05) is 13.2 Å². The van der Waals surface area contributed by atoms with Gasteiger partial charge in [-0.2, -0.15) is 0 Å². The molecule has 0 bridgehead atoms. The van der Waals surface area contributed by atoms with Crippen molar-refractivity contribution >= 4 is 40.7 Å². The average Bonchev–Trinajstić information content (AvgIpc) is 3.42. The molecular formula is C25H23Cl2N3O4. The summed E-state index contributed by atoms with van der Waals surface area (Å²) in [4.78, 5) is 31.7. The fourth-order valence-corrected chi connectivity index (χ4v) is 4.49. The first-order chi connectivity index (χ1) is 16.4. The second kappa shape index (κ2) is 10.3. The number of Topliss-reactive ketones (excluding diaryl/α,β-unsaturated/α-hetero) is 1. The number of aliphatic hydroxyl groups excluding tert-OH is 1. The van der Waals surface area contributed by atoms with E-state index in [1.54, 1.807) is 48.9 Å². The van der Waals surface area contributed by atoms with Crippen molar-refractivity contribution in [1.82, 2.24) is 14.5 Å². The van der Waals surface area contributed by atoms with Crippen LogP contribution in [0.25, 0.3) is 5.76 Å². The van der Waals surface area contributed by atoms with Crippen LogP contribution in [0.3, 0.4) is 0 Å². The highest BCUT2D eigenvalue weighted by atomic mass is 35.5. The van der Waals surface area contributed by atoms with Gasteiger partial charge in [0, 0.05) is 36.1 Å². The van der Waals surface area contributed by atoms with Gasteiger partial charge in [-0.3, -0.25) is 9.59 Å².